The molecule has 8 N–H and O–H groups in total. The normalized spacial score (nSPS) is 49.3. The van der Waals surface area contributed by atoms with E-state index in [-0.39, 0.29) is 0 Å². The molecular formula is C12H22O11. The highest BCUT2D eigenvalue weighted by atomic mass is 16.7. The standard InChI is InChI=1S/C12H22O11/c13-1-3(15)9-7(18)8(19)12(22-9)23-10-6(17)5(16)4(2-14)21-11(10)20/h3-20H,1-2H2/t3-,4-,5+,6+,7-,8-,9+,10-,11-,12-/m1/s1. The van der Waals surface area contributed by atoms with Gasteiger partial charge in [-0.1, -0.05) is 0 Å². The summed E-state index contributed by atoms with van der Waals surface area (Å²) in [6, 6.07) is 0. The van der Waals surface area contributed by atoms with Gasteiger partial charge in [-0.05, 0) is 0 Å². The molecule has 11 nitrogen and oxygen atoms in total. The van der Waals surface area contributed by atoms with Crippen LogP contribution in [0.4, 0.5) is 0 Å². The molecule has 2 aliphatic rings. The van der Waals surface area contributed by atoms with E-state index >= 15 is 0 Å². The molecule has 2 saturated heterocycles. The van der Waals surface area contributed by atoms with Crippen LogP contribution in [-0.4, -0.2) is 115 Å². The zero-order valence-electron chi connectivity index (χ0n) is 12.0. The number of aliphatic hydroxyl groups excluding tert-OH is 8. The average molecular weight is 342 g/mol. The van der Waals surface area contributed by atoms with Gasteiger partial charge in [0, 0.05) is 0 Å². The molecule has 0 aromatic rings. The van der Waals surface area contributed by atoms with Gasteiger partial charge in [0.25, 0.3) is 0 Å². The summed E-state index contributed by atoms with van der Waals surface area (Å²) in [7, 11) is 0. The molecule has 0 aromatic carbocycles. The predicted molar refractivity (Wildman–Crippen MR) is 68.6 cm³/mol. The molecule has 11 heteroatoms. The molecule has 0 aromatic heterocycles. The van der Waals surface area contributed by atoms with Crippen LogP contribution in [0.2, 0.25) is 0 Å². The van der Waals surface area contributed by atoms with Crippen molar-refractivity contribution in [2.24, 2.45) is 0 Å². The highest BCUT2D eigenvalue weighted by Crippen LogP contribution is 2.29. The molecular weight excluding hydrogens is 320 g/mol. The van der Waals surface area contributed by atoms with Crippen LogP contribution >= 0.6 is 0 Å². The van der Waals surface area contributed by atoms with Crippen LogP contribution in [0.3, 0.4) is 0 Å². The maximum absolute atomic E-state index is 9.93. The second-order valence-corrected chi connectivity index (χ2v) is 5.53. The first-order chi connectivity index (χ1) is 10.8. The number of rotatable bonds is 5. The zero-order valence-corrected chi connectivity index (χ0v) is 12.0. The molecule has 136 valence electrons. The van der Waals surface area contributed by atoms with Crippen molar-refractivity contribution in [1.82, 2.24) is 0 Å². The van der Waals surface area contributed by atoms with E-state index in [2.05, 4.69) is 0 Å². The molecule has 23 heavy (non-hydrogen) atoms. The summed E-state index contributed by atoms with van der Waals surface area (Å²) in [5, 5.41) is 76.4. The van der Waals surface area contributed by atoms with E-state index in [4.69, 9.17) is 24.4 Å². The Morgan fingerprint density at radius 2 is 1.52 bits per heavy atom. The topological polar surface area (TPSA) is 190 Å². The van der Waals surface area contributed by atoms with E-state index in [1.807, 2.05) is 0 Å². The lowest BCUT2D eigenvalue weighted by Crippen LogP contribution is -2.60. The lowest BCUT2D eigenvalue weighted by atomic mass is 9.99. The molecule has 0 bridgehead atoms. The first-order valence-electron chi connectivity index (χ1n) is 7.08. The lowest BCUT2D eigenvalue weighted by molar-refractivity contribution is -0.328. The first kappa shape index (κ1) is 18.9. The van der Waals surface area contributed by atoms with Crippen LogP contribution in [-0.2, 0) is 14.2 Å². The molecule has 2 fully saturated rings. The summed E-state index contributed by atoms with van der Waals surface area (Å²) in [6.07, 6.45) is -15.3. The van der Waals surface area contributed by atoms with Crippen LogP contribution in [0.25, 0.3) is 0 Å². The van der Waals surface area contributed by atoms with Gasteiger partial charge in [-0.25, -0.2) is 0 Å². The van der Waals surface area contributed by atoms with E-state index in [0.29, 0.717) is 0 Å². The quantitative estimate of drug-likeness (QED) is 0.238. The summed E-state index contributed by atoms with van der Waals surface area (Å²) < 4.78 is 15.1. The van der Waals surface area contributed by atoms with Gasteiger partial charge < -0.3 is 55.1 Å². The molecule has 2 aliphatic heterocycles. The van der Waals surface area contributed by atoms with Crippen LogP contribution < -0.4 is 0 Å². The van der Waals surface area contributed by atoms with Crippen molar-refractivity contribution in [3.05, 3.63) is 0 Å². The van der Waals surface area contributed by atoms with Crippen molar-refractivity contribution in [3.63, 3.8) is 0 Å². The number of ether oxygens (including phenoxy) is 3. The lowest BCUT2D eigenvalue weighted by Gasteiger charge is -2.40. The minimum atomic E-state index is -1.74. The van der Waals surface area contributed by atoms with Gasteiger partial charge in [-0.2, -0.15) is 0 Å². The predicted octanol–water partition coefficient (Wildman–Crippen LogP) is -5.40. The van der Waals surface area contributed by atoms with Crippen LogP contribution in [0.1, 0.15) is 0 Å². The SMILES string of the molecule is OC[C@@H](O)[C@@H]1O[C@H](O[C@@H]2[C@@H](O)[C@@H](O)[C@@H](CO)O[C@H]2O)[C@H](O)[C@H]1O. The Morgan fingerprint density at radius 3 is 2.09 bits per heavy atom. The van der Waals surface area contributed by atoms with Crippen LogP contribution in [0.5, 0.6) is 0 Å². The Bertz CT molecular complexity index is 382. The third-order valence-electron chi connectivity index (χ3n) is 3.96. The van der Waals surface area contributed by atoms with Crippen molar-refractivity contribution in [2.45, 2.75) is 61.4 Å². The molecule has 2 rings (SSSR count). The number of aliphatic hydroxyl groups is 8. The van der Waals surface area contributed by atoms with Gasteiger partial charge in [-0.3, -0.25) is 0 Å². The summed E-state index contributed by atoms with van der Waals surface area (Å²) in [4.78, 5) is 0. The number of hydrogen-bond acceptors (Lipinski definition) is 11. The maximum Gasteiger partial charge on any atom is 0.187 e. The Balaban J connectivity index is 2.03. The molecule has 0 unspecified atom stereocenters. The highest BCUT2D eigenvalue weighted by molar-refractivity contribution is 4.94. The molecule has 0 amide bonds. The van der Waals surface area contributed by atoms with Crippen LogP contribution in [0.15, 0.2) is 0 Å². The van der Waals surface area contributed by atoms with Gasteiger partial charge >= 0.3 is 0 Å². The van der Waals surface area contributed by atoms with Crippen molar-refractivity contribution in [3.8, 4) is 0 Å². The second-order valence-electron chi connectivity index (χ2n) is 5.53. The fourth-order valence-electron chi connectivity index (χ4n) is 2.58. The Hall–Kier alpha value is -0.440. The molecule has 2 heterocycles. The van der Waals surface area contributed by atoms with Crippen molar-refractivity contribution >= 4 is 0 Å². The van der Waals surface area contributed by atoms with Gasteiger partial charge in [0.05, 0.1) is 13.2 Å². The monoisotopic (exact) mass is 342 g/mol. The largest absolute Gasteiger partial charge is 0.394 e. The molecule has 10 atom stereocenters. The van der Waals surface area contributed by atoms with Gasteiger partial charge in [0.2, 0.25) is 0 Å². The first-order valence-corrected chi connectivity index (χ1v) is 7.08. The average Bonchev–Trinajstić information content (AvgIpc) is 2.82. The fraction of sp³-hybridized carbons (Fsp3) is 1.00. The highest BCUT2D eigenvalue weighted by Gasteiger charge is 2.51. The third-order valence-corrected chi connectivity index (χ3v) is 3.96. The summed E-state index contributed by atoms with van der Waals surface area (Å²) >= 11 is 0. The third kappa shape index (κ3) is 3.65. The maximum atomic E-state index is 9.93. The second kappa shape index (κ2) is 7.63. The Kier molecular flexibility index (Phi) is 6.27. The summed E-state index contributed by atoms with van der Waals surface area (Å²) in [5.41, 5.74) is 0. The molecule has 0 radical (unpaired) electrons. The Morgan fingerprint density at radius 1 is 0.870 bits per heavy atom. The smallest absolute Gasteiger partial charge is 0.187 e. The minimum Gasteiger partial charge on any atom is -0.394 e. The fourth-order valence-corrected chi connectivity index (χ4v) is 2.58. The molecule has 0 saturated carbocycles. The van der Waals surface area contributed by atoms with E-state index in [9.17, 15) is 30.6 Å². The van der Waals surface area contributed by atoms with E-state index in [1.54, 1.807) is 0 Å². The van der Waals surface area contributed by atoms with E-state index < -0.39 is 74.6 Å². The van der Waals surface area contributed by atoms with Crippen LogP contribution in [0, 0.1) is 0 Å². The minimum absolute atomic E-state index is 0.645. The summed E-state index contributed by atoms with van der Waals surface area (Å²) in [6.45, 7) is -1.37. The molecule has 0 aliphatic carbocycles. The van der Waals surface area contributed by atoms with E-state index in [1.165, 1.54) is 0 Å². The molecule has 0 spiro atoms. The van der Waals surface area contributed by atoms with Gasteiger partial charge in [0.1, 0.15) is 48.8 Å². The number of hydrogen-bond donors (Lipinski definition) is 8. The van der Waals surface area contributed by atoms with E-state index in [0.717, 1.165) is 0 Å². The van der Waals surface area contributed by atoms with Crippen molar-refractivity contribution in [2.75, 3.05) is 13.2 Å². The zero-order chi connectivity index (χ0) is 17.3. The van der Waals surface area contributed by atoms with Gasteiger partial charge in [0.15, 0.2) is 12.6 Å². The van der Waals surface area contributed by atoms with Crippen molar-refractivity contribution < 1.29 is 55.1 Å². The Labute approximate surface area is 130 Å². The van der Waals surface area contributed by atoms with Gasteiger partial charge in [-0.15, -0.1) is 0 Å². The van der Waals surface area contributed by atoms with Crippen molar-refractivity contribution in [1.29, 1.82) is 0 Å². The summed E-state index contributed by atoms with van der Waals surface area (Å²) in [5.74, 6) is 0.